The van der Waals surface area contributed by atoms with Gasteiger partial charge < -0.3 is 15.4 Å². The van der Waals surface area contributed by atoms with Crippen molar-refractivity contribution in [3.63, 3.8) is 0 Å². The molecule has 1 amide bonds. The number of rotatable bonds is 7. The van der Waals surface area contributed by atoms with Gasteiger partial charge in [0.15, 0.2) is 0 Å². The summed E-state index contributed by atoms with van der Waals surface area (Å²) >= 11 is 0. The second kappa shape index (κ2) is 8.99. The summed E-state index contributed by atoms with van der Waals surface area (Å²) < 4.78 is 5.45. The first kappa shape index (κ1) is 19.4. The maximum absolute atomic E-state index is 12.5. The van der Waals surface area contributed by atoms with Crippen LogP contribution in [0.2, 0.25) is 0 Å². The Kier molecular flexibility index (Phi) is 6.22. The second-order valence-corrected chi connectivity index (χ2v) is 6.44. The number of nitrogens with zero attached hydrogens (tertiary/aromatic N) is 2. The molecule has 28 heavy (non-hydrogen) atoms. The molecule has 6 nitrogen and oxygen atoms in total. The molecule has 0 aliphatic heterocycles. The number of ether oxygens (including phenoxy) is 1. The normalized spacial score (nSPS) is 10.4. The third-order valence-corrected chi connectivity index (χ3v) is 4.04. The van der Waals surface area contributed by atoms with E-state index in [9.17, 15) is 4.79 Å². The quantitative estimate of drug-likeness (QED) is 0.647. The summed E-state index contributed by atoms with van der Waals surface area (Å²) in [6.07, 6.45) is 0. The van der Waals surface area contributed by atoms with Gasteiger partial charge in [-0.3, -0.25) is 4.79 Å². The van der Waals surface area contributed by atoms with E-state index in [2.05, 4.69) is 20.6 Å². The topological polar surface area (TPSA) is 76.1 Å². The zero-order chi connectivity index (χ0) is 19.9. The largest absolute Gasteiger partial charge is 0.494 e. The number of amides is 1. The number of carbonyl (C=O) groups is 1. The van der Waals surface area contributed by atoms with Crippen molar-refractivity contribution in [2.75, 3.05) is 11.9 Å². The van der Waals surface area contributed by atoms with Crippen LogP contribution in [0.5, 0.6) is 5.75 Å². The van der Waals surface area contributed by atoms with Crippen LogP contribution in [0, 0.1) is 13.8 Å². The van der Waals surface area contributed by atoms with Crippen molar-refractivity contribution in [1.82, 2.24) is 15.3 Å². The minimum absolute atomic E-state index is 0.234. The van der Waals surface area contributed by atoms with E-state index in [0.29, 0.717) is 30.5 Å². The van der Waals surface area contributed by atoms with Crippen molar-refractivity contribution < 1.29 is 9.53 Å². The fourth-order valence-corrected chi connectivity index (χ4v) is 2.79. The lowest BCUT2D eigenvalue weighted by molar-refractivity contribution is 0.0945. The molecule has 0 aliphatic carbocycles. The number of anilines is 2. The number of aromatic nitrogens is 2. The van der Waals surface area contributed by atoms with Crippen molar-refractivity contribution in [2.45, 2.75) is 27.3 Å². The monoisotopic (exact) mass is 376 g/mol. The SMILES string of the molecule is CCOc1ccc(Nc2cc(C(=O)NCc3cccc(C)c3)nc(C)n2)cc1. The Morgan fingerprint density at radius 2 is 1.82 bits per heavy atom. The minimum atomic E-state index is -0.234. The Bertz CT molecular complexity index is 955. The molecule has 6 heteroatoms. The van der Waals surface area contributed by atoms with Crippen LogP contribution in [0.15, 0.2) is 54.6 Å². The third kappa shape index (κ3) is 5.30. The molecule has 3 rings (SSSR count). The smallest absolute Gasteiger partial charge is 0.270 e. The molecule has 0 aliphatic rings. The zero-order valence-electron chi connectivity index (χ0n) is 16.3. The standard InChI is InChI=1S/C22H24N4O2/c1-4-28-19-10-8-18(9-11-19)26-21-13-20(24-16(3)25-21)22(27)23-14-17-7-5-6-15(2)12-17/h5-13H,4,14H2,1-3H3,(H,23,27)(H,24,25,26). The summed E-state index contributed by atoms with van der Waals surface area (Å²) in [6, 6.07) is 17.3. The van der Waals surface area contributed by atoms with E-state index < -0.39 is 0 Å². The van der Waals surface area contributed by atoms with Crippen LogP contribution in [0.1, 0.15) is 34.4 Å². The number of hydrogen-bond acceptors (Lipinski definition) is 5. The molecule has 144 valence electrons. The van der Waals surface area contributed by atoms with Crippen LogP contribution in [0.3, 0.4) is 0 Å². The van der Waals surface area contributed by atoms with Crippen molar-refractivity contribution in [3.8, 4) is 5.75 Å². The highest BCUT2D eigenvalue weighted by molar-refractivity contribution is 5.93. The van der Waals surface area contributed by atoms with Crippen LogP contribution in [-0.4, -0.2) is 22.5 Å². The maximum Gasteiger partial charge on any atom is 0.270 e. The Hall–Kier alpha value is -3.41. The molecule has 2 N–H and O–H groups in total. The fraction of sp³-hybridized carbons (Fsp3) is 0.227. The average molecular weight is 376 g/mol. The van der Waals surface area contributed by atoms with Crippen LogP contribution in [-0.2, 0) is 6.54 Å². The Morgan fingerprint density at radius 1 is 1.04 bits per heavy atom. The highest BCUT2D eigenvalue weighted by Crippen LogP contribution is 2.19. The third-order valence-electron chi connectivity index (χ3n) is 4.04. The first-order chi connectivity index (χ1) is 13.5. The predicted octanol–water partition coefficient (Wildman–Crippen LogP) is 4.17. The highest BCUT2D eigenvalue weighted by atomic mass is 16.5. The van der Waals surface area contributed by atoms with Crippen LogP contribution in [0.25, 0.3) is 0 Å². The predicted molar refractivity (Wildman–Crippen MR) is 110 cm³/mol. The average Bonchev–Trinajstić information content (AvgIpc) is 2.67. The lowest BCUT2D eigenvalue weighted by atomic mass is 10.1. The lowest BCUT2D eigenvalue weighted by Crippen LogP contribution is -2.24. The first-order valence-electron chi connectivity index (χ1n) is 9.23. The van der Waals surface area contributed by atoms with Gasteiger partial charge in [-0.2, -0.15) is 0 Å². The van der Waals surface area contributed by atoms with Crippen molar-refractivity contribution >= 4 is 17.4 Å². The second-order valence-electron chi connectivity index (χ2n) is 6.44. The van der Waals surface area contributed by atoms with Gasteiger partial charge in [-0.25, -0.2) is 9.97 Å². The Labute approximate surface area is 165 Å². The lowest BCUT2D eigenvalue weighted by Gasteiger charge is -2.10. The molecular formula is C22H24N4O2. The van der Waals surface area contributed by atoms with E-state index in [-0.39, 0.29) is 5.91 Å². The maximum atomic E-state index is 12.5. The first-order valence-corrected chi connectivity index (χ1v) is 9.23. The van der Waals surface area contributed by atoms with E-state index in [1.807, 2.05) is 62.4 Å². The minimum Gasteiger partial charge on any atom is -0.494 e. The molecule has 0 atom stereocenters. The van der Waals surface area contributed by atoms with Gasteiger partial charge >= 0.3 is 0 Å². The van der Waals surface area contributed by atoms with Crippen molar-refractivity contribution in [3.05, 3.63) is 77.2 Å². The molecule has 0 unspecified atom stereocenters. The number of aryl methyl sites for hydroxylation is 2. The molecule has 0 radical (unpaired) electrons. The van der Waals surface area contributed by atoms with Crippen molar-refractivity contribution in [1.29, 1.82) is 0 Å². The summed E-state index contributed by atoms with van der Waals surface area (Å²) in [4.78, 5) is 21.2. The van der Waals surface area contributed by atoms with Gasteiger partial charge in [-0.15, -0.1) is 0 Å². The van der Waals surface area contributed by atoms with E-state index in [1.165, 1.54) is 0 Å². The summed E-state index contributed by atoms with van der Waals surface area (Å²) in [5, 5.41) is 6.11. The molecular weight excluding hydrogens is 352 g/mol. The Morgan fingerprint density at radius 3 is 2.54 bits per heavy atom. The van der Waals surface area contributed by atoms with Crippen LogP contribution in [0.4, 0.5) is 11.5 Å². The summed E-state index contributed by atoms with van der Waals surface area (Å²) in [7, 11) is 0. The van der Waals surface area contributed by atoms with Gasteiger partial charge in [-0.1, -0.05) is 29.8 Å². The number of carbonyl (C=O) groups excluding carboxylic acids is 1. The van der Waals surface area contributed by atoms with E-state index in [1.54, 1.807) is 13.0 Å². The van der Waals surface area contributed by atoms with E-state index >= 15 is 0 Å². The van der Waals surface area contributed by atoms with Gasteiger partial charge in [0.25, 0.3) is 5.91 Å². The van der Waals surface area contributed by atoms with E-state index in [0.717, 1.165) is 22.6 Å². The molecule has 0 saturated heterocycles. The summed E-state index contributed by atoms with van der Waals surface area (Å²) in [5.41, 5.74) is 3.39. The Balaban J connectivity index is 1.68. The summed E-state index contributed by atoms with van der Waals surface area (Å²) in [6.45, 7) is 6.81. The molecule has 0 spiro atoms. The van der Waals surface area contributed by atoms with E-state index in [4.69, 9.17) is 4.74 Å². The van der Waals surface area contributed by atoms with Crippen LogP contribution >= 0.6 is 0 Å². The molecule has 1 heterocycles. The van der Waals surface area contributed by atoms with Gasteiger partial charge in [0.1, 0.15) is 23.1 Å². The molecule has 3 aromatic rings. The zero-order valence-corrected chi connectivity index (χ0v) is 16.3. The van der Waals surface area contributed by atoms with Gasteiger partial charge in [-0.05, 0) is 50.6 Å². The number of hydrogen-bond donors (Lipinski definition) is 2. The fourth-order valence-electron chi connectivity index (χ4n) is 2.79. The van der Waals surface area contributed by atoms with Crippen molar-refractivity contribution in [2.24, 2.45) is 0 Å². The molecule has 1 aromatic heterocycles. The molecule has 0 fully saturated rings. The van der Waals surface area contributed by atoms with Gasteiger partial charge in [0, 0.05) is 18.3 Å². The van der Waals surface area contributed by atoms with Gasteiger partial charge in [0.05, 0.1) is 6.61 Å². The number of benzene rings is 2. The number of nitrogens with one attached hydrogen (secondary N) is 2. The molecule has 2 aromatic carbocycles. The molecule has 0 bridgehead atoms. The summed E-state index contributed by atoms with van der Waals surface area (Å²) in [5.74, 6) is 1.67. The van der Waals surface area contributed by atoms with Gasteiger partial charge in [0.2, 0.25) is 0 Å². The molecule has 0 saturated carbocycles. The highest BCUT2D eigenvalue weighted by Gasteiger charge is 2.11. The van der Waals surface area contributed by atoms with Crippen LogP contribution < -0.4 is 15.4 Å².